The van der Waals surface area contributed by atoms with Gasteiger partial charge in [-0.15, -0.1) is 0 Å². The summed E-state index contributed by atoms with van der Waals surface area (Å²) in [4.78, 5) is 0. The highest BCUT2D eigenvalue weighted by molar-refractivity contribution is 7.85. The lowest BCUT2D eigenvalue weighted by Gasteiger charge is -2.01. The Balaban J connectivity index is 3.75. The molecule has 0 spiro atoms. The van der Waals surface area contributed by atoms with E-state index in [0.29, 0.717) is 0 Å². The van der Waals surface area contributed by atoms with Gasteiger partial charge in [0.1, 0.15) is 0 Å². The molecule has 0 heterocycles. The molecule has 0 aliphatic heterocycles. The average Bonchev–Trinajstić information content (AvgIpc) is 1.62. The van der Waals surface area contributed by atoms with Crippen LogP contribution >= 0.6 is 0 Å². The SMILES string of the molecule is CCC(C)CS([O])(=O)=O. The zero-order chi connectivity index (χ0) is 7.49. The van der Waals surface area contributed by atoms with Gasteiger partial charge in [0.2, 0.25) is 0 Å². The molecule has 0 saturated carbocycles. The summed E-state index contributed by atoms with van der Waals surface area (Å²) in [5.74, 6) is -0.240. The molecule has 55 valence electrons. The Morgan fingerprint density at radius 2 is 1.89 bits per heavy atom. The van der Waals surface area contributed by atoms with E-state index in [1.165, 1.54) is 0 Å². The van der Waals surface area contributed by atoms with E-state index in [1.807, 2.05) is 6.92 Å². The highest BCUT2D eigenvalue weighted by Gasteiger charge is 2.11. The van der Waals surface area contributed by atoms with E-state index >= 15 is 0 Å². The van der Waals surface area contributed by atoms with Crippen LogP contribution < -0.4 is 0 Å². The minimum Gasteiger partial charge on any atom is -0.197 e. The molecule has 3 nitrogen and oxygen atoms in total. The Labute approximate surface area is 55.8 Å². The molecule has 0 aromatic rings. The van der Waals surface area contributed by atoms with Crippen LogP contribution in [-0.4, -0.2) is 14.2 Å². The van der Waals surface area contributed by atoms with E-state index in [2.05, 4.69) is 0 Å². The van der Waals surface area contributed by atoms with Crippen molar-refractivity contribution in [3.05, 3.63) is 0 Å². The fourth-order valence-electron chi connectivity index (χ4n) is 0.466. The monoisotopic (exact) mass is 151 g/mol. The van der Waals surface area contributed by atoms with Crippen molar-refractivity contribution in [2.45, 2.75) is 20.3 Å². The largest absolute Gasteiger partial charge is 0.294 e. The quantitative estimate of drug-likeness (QED) is 0.598. The van der Waals surface area contributed by atoms with Crippen molar-refractivity contribution in [1.29, 1.82) is 0 Å². The summed E-state index contributed by atoms with van der Waals surface area (Å²) in [5.41, 5.74) is 0. The molecule has 1 radical (unpaired) electrons. The van der Waals surface area contributed by atoms with Crippen LogP contribution in [0.3, 0.4) is 0 Å². The summed E-state index contributed by atoms with van der Waals surface area (Å²) in [6.07, 6.45) is 0.738. The van der Waals surface area contributed by atoms with Crippen LogP contribution in [0.1, 0.15) is 20.3 Å². The van der Waals surface area contributed by atoms with Gasteiger partial charge in [0.15, 0.2) is 0 Å². The summed E-state index contributed by atoms with van der Waals surface area (Å²) >= 11 is 0. The van der Waals surface area contributed by atoms with E-state index in [0.717, 1.165) is 6.42 Å². The lowest BCUT2D eigenvalue weighted by Crippen LogP contribution is -2.10. The molecule has 0 saturated heterocycles. The Morgan fingerprint density at radius 1 is 1.44 bits per heavy atom. The lowest BCUT2D eigenvalue weighted by atomic mass is 10.2. The minimum atomic E-state index is -3.99. The standard InChI is InChI=1S/C5H11O3S/c1-3-5(2)4-9(6,7)8/h5H,3-4H2,1-2H3. The molecule has 1 unspecified atom stereocenters. The van der Waals surface area contributed by atoms with Crippen LogP contribution in [0.4, 0.5) is 0 Å². The molecule has 1 atom stereocenters. The average molecular weight is 151 g/mol. The van der Waals surface area contributed by atoms with Crippen LogP contribution in [0, 0.1) is 5.92 Å². The maximum Gasteiger partial charge on any atom is 0.294 e. The zero-order valence-corrected chi connectivity index (χ0v) is 6.44. The van der Waals surface area contributed by atoms with Gasteiger partial charge in [-0.3, -0.25) is 0 Å². The molecule has 4 heteroatoms. The first-order valence-electron chi connectivity index (χ1n) is 2.89. The molecule has 0 rings (SSSR count). The van der Waals surface area contributed by atoms with Crippen molar-refractivity contribution in [2.75, 3.05) is 5.75 Å². The van der Waals surface area contributed by atoms with Gasteiger partial charge in [-0.2, -0.15) is 8.42 Å². The topological polar surface area (TPSA) is 54.0 Å². The Bertz CT molecular complexity index is 159. The van der Waals surface area contributed by atoms with Crippen molar-refractivity contribution in [3.63, 3.8) is 0 Å². The highest BCUT2D eigenvalue weighted by Crippen LogP contribution is 2.03. The fraction of sp³-hybridized carbons (Fsp3) is 1.00. The predicted molar refractivity (Wildman–Crippen MR) is 33.9 cm³/mol. The van der Waals surface area contributed by atoms with Crippen LogP contribution in [0.25, 0.3) is 0 Å². The smallest absolute Gasteiger partial charge is 0.197 e. The summed E-state index contributed by atoms with van der Waals surface area (Å²) in [5, 5.41) is 0. The maximum atomic E-state index is 10.0. The molecule has 0 N–H and O–H groups in total. The lowest BCUT2D eigenvalue weighted by molar-refractivity contribution is 0.404. The van der Waals surface area contributed by atoms with E-state index in [1.54, 1.807) is 6.92 Å². The fourth-order valence-corrected chi connectivity index (χ4v) is 1.40. The first kappa shape index (κ1) is 8.91. The number of hydrogen-bond donors (Lipinski definition) is 0. The molecule has 0 amide bonds. The maximum absolute atomic E-state index is 10.0. The first-order valence-corrected chi connectivity index (χ1v) is 4.47. The molecular formula is C5H11O3S. The van der Waals surface area contributed by atoms with Crippen molar-refractivity contribution >= 4 is 10.1 Å². The summed E-state index contributed by atoms with van der Waals surface area (Å²) < 4.78 is 30.1. The normalized spacial score (nSPS) is 15.4. The van der Waals surface area contributed by atoms with Crippen LogP contribution in [0.15, 0.2) is 0 Å². The van der Waals surface area contributed by atoms with Gasteiger partial charge in [-0.25, -0.2) is 0 Å². The van der Waals surface area contributed by atoms with Gasteiger partial charge in [0.05, 0.1) is 5.75 Å². The Kier molecular flexibility index (Phi) is 3.14. The molecule has 0 fully saturated rings. The van der Waals surface area contributed by atoms with Gasteiger partial charge in [0.25, 0.3) is 10.1 Å². The highest BCUT2D eigenvalue weighted by atomic mass is 32.2. The van der Waals surface area contributed by atoms with Crippen molar-refractivity contribution in [3.8, 4) is 0 Å². The summed E-state index contributed by atoms with van der Waals surface area (Å²) in [6.45, 7) is 3.60. The van der Waals surface area contributed by atoms with Crippen LogP contribution in [0.2, 0.25) is 0 Å². The van der Waals surface area contributed by atoms with Crippen molar-refractivity contribution in [1.82, 2.24) is 0 Å². The van der Waals surface area contributed by atoms with Crippen molar-refractivity contribution < 1.29 is 13.0 Å². The second-order valence-corrected chi connectivity index (χ2v) is 3.69. The third-order valence-electron chi connectivity index (χ3n) is 1.19. The van der Waals surface area contributed by atoms with Gasteiger partial charge in [-0.1, -0.05) is 24.8 Å². The summed E-state index contributed by atoms with van der Waals surface area (Å²) in [6, 6.07) is 0. The number of hydrogen-bond acceptors (Lipinski definition) is 2. The molecule has 0 aliphatic rings. The first-order chi connectivity index (χ1) is 3.95. The third-order valence-corrected chi connectivity index (χ3v) is 2.16. The van der Waals surface area contributed by atoms with Gasteiger partial charge in [0, 0.05) is 0 Å². The molecular weight excluding hydrogens is 140 g/mol. The van der Waals surface area contributed by atoms with Gasteiger partial charge >= 0.3 is 0 Å². The van der Waals surface area contributed by atoms with Crippen LogP contribution in [0.5, 0.6) is 0 Å². The molecule has 0 aromatic carbocycles. The second-order valence-electron chi connectivity index (χ2n) is 2.24. The second kappa shape index (κ2) is 3.17. The van der Waals surface area contributed by atoms with Gasteiger partial charge < -0.3 is 0 Å². The number of rotatable bonds is 3. The van der Waals surface area contributed by atoms with Gasteiger partial charge in [-0.05, 0) is 5.92 Å². The molecule has 0 aromatic heterocycles. The third kappa shape index (κ3) is 5.79. The van der Waals surface area contributed by atoms with E-state index in [4.69, 9.17) is 0 Å². The molecule has 0 aliphatic carbocycles. The van der Waals surface area contributed by atoms with E-state index in [9.17, 15) is 13.0 Å². The van der Waals surface area contributed by atoms with Crippen LogP contribution in [-0.2, 0) is 14.7 Å². The summed E-state index contributed by atoms with van der Waals surface area (Å²) in [7, 11) is -3.99. The molecule has 9 heavy (non-hydrogen) atoms. The minimum absolute atomic E-state index is 0.00694. The molecule has 0 bridgehead atoms. The Morgan fingerprint density at radius 3 is 2.00 bits per heavy atom. The predicted octanol–water partition coefficient (Wildman–Crippen LogP) is 0.793. The van der Waals surface area contributed by atoms with Crippen molar-refractivity contribution in [2.24, 2.45) is 5.92 Å². The van der Waals surface area contributed by atoms with E-state index < -0.39 is 10.1 Å². The van der Waals surface area contributed by atoms with E-state index in [-0.39, 0.29) is 11.7 Å². The Hall–Kier alpha value is -0.0900. The zero-order valence-electron chi connectivity index (χ0n) is 5.62.